The maximum Gasteiger partial charge on any atom is 0.337 e. The maximum atomic E-state index is 13.4. The van der Waals surface area contributed by atoms with Crippen molar-refractivity contribution in [3.05, 3.63) is 124 Å². The van der Waals surface area contributed by atoms with Crippen molar-refractivity contribution in [1.29, 1.82) is 0 Å². The summed E-state index contributed by atoms with van der Waals surface area (Å²) in [6.07, 6.45) is 0.722. The van der Waals surface area contributed by atoms with Crippen molar-refractivity contribution in [3.8, 4) is 5.75 Å². The lowest BCUT2D eigenvalue weighted by Gasteiger charge is -2.39. The molecule has 1 atom stereocenters. The smallest absolute Gasteiger partial charge is 0.337 e. The summed E-state index contributed by atoms with van der Waals surface area (Å²) in [5, 5.41) is 20.4. The summed E-state index contributed by atoms with van der Waals surface area (Å²) in [5.41, 5.74) is 1.60. The van der Waals surface area contributed by atoms with Crippen molar-refractivity contribution >= 4 is 55.1 Å². The summed E-state index contributed by atoms with van der Waals surface area (Å²) in [6.45, 7) is 1.26. The van der Waals surface area contributed by atoms with Crippen molar-refractivity contribution in [2.24, 2.45) is 0 Å². The molecule has 18 heteroatoms. The van der Waals surface area contributed by atoms with Gasteiger partial charge in [-0.2, -0.15) is 12.7 Å². The predicted octanol–water partition coefficient (Wildman–Crippen LogP) is 5.63. The van der Waals surface area contributed by atoms with Gasteiger partial charge in [-0.1, -0.05) is 41.9 Å². The second-order valence-corrected chi connectivity index (χ2v) is 17.5. The lowest BCUT2D eigenvalue weighted by Crippen LogP contribution is -2.53. The number of sulfonamides is 1. The third-order valence-electron chi connectivity index (χ3n) is 9.33. The molecule has 0 spiro atoms. The topological polar surface area (TPSA) is 192 Å². The molecule has 4 N–H and O–H groups in total. The van der Waals surface area contributed by atoms with E-state index in [9.17, 15) is 41.0 Å². The van der Waals surface area contributed by atoms with Crippen LogP contribution in [-0.2, 0) is 37.9 Å². The molecular formula is C38H40ClFN4O10S2. The Bertz CT molecular complexity index is 2270. The van der Waals surface area contributed by atoms with Gasteiger partial charge in [-0.25, -0.2) is 22.4 Å². The first-order valence-electron chi connectivity index (χ1n) is 17.7. The van der Waals surface area contributed by atoms with Gasteiger partial charge in [0.15, 0.2) is 0 Å². The first-order chi connectivity index (χ1) is 26.6. The minimum atomic E-state index is -4.20. The largest absolute Gasteiger partial charge is 0.488 e. The molecule has 0 saturated carbocycles. The number of benzene rings is 4. The molecule has 2 saturated heterocycles. The number of ether oxygens (including phenoxy) is 2. The number of rotatable bonds is 17. The number of morpholine rings is 1. The van der Waals surface area contributed by atoms with Crippen LogP contribution < -0.4 is 14.2 Å². The molecule has 2 aliphatic heterocycles. The number of unbranched alkanes of at least 4 members (excludes halogenated alkanes) is 1. The van der Waals surface area contributed by atoms with Gasteiger partial charge in [0.05, 0.1) is 41.0 Å². The van der Waals surface area contributed by atoms with Crippen molar-refractivity contribution < 1.29 is 50.5 Å². The zero-order valence-corrected chi connectivity index (χ0v) is 32.3. The zero-order chi connectivity index (χ0) is 40.0. The zero-order valence-electron chi connectivity index (χ0n) is 29.9. The van der Waals surface area contributed by atoms with Gasteiger partial charge in [-0.15, -0.1) is 0 Å². The number of likely N-dealkylation sites (tertiary alicyclic amines) is 1. The van der Waals surface area contributed by atoms with E-state index in [2.05, 4.69) is 9.44 Å². The van der Waals surface area contributed by atoms with Crippen molar-refractivity contribution in [2.75, 3.05) is 48.0 Å². The van der Waals surface area contributed by atoms with Gasteiger partial charge >= 0.3 is 22.1 Å². The Hall–Kier alpha value is -4.78. The number of nitrogens with one attached hydrogen (secondary N) is 2. The SMILES string of the molecule is O=C(O)c1cc(CN2CC(Oc3ccc(NS(=O)(=O)N4CCOC(c5ccc(F)cc5)C4)c(C(=O)O)c3)C2)ccc1NS(=O)(=O)CCCCc1ccc(Cl)cc1. The molecule has 298 valence electrons. The summed E-state index contributed by atoms with van der Waals surface area (Å²) >= 11 is 5.91. The van der Waals surface area contributed by atoms with Gasteiger partial charge in [0.2, 0.25) is 10.0 Å². The van der Waals surface area contributed by atoms with Crippen molar-refractivity contribution in [2.45, 2.75) is 38.0 Å². The van der Waals surface area contributed by atoms with E-state index >= 15 is 0 Å². The molecule has 2 aliphatic rings. The van der Waals surface area contributed by atoms with Gasteiger partial charge in [-0.05, 0) is 90.6 Å². The van der Waals surface area contributed by atoms with Gasteiger partial charge in [-0.3, -0.25) is 14.3 Å². The third kappa shape index (κ3) is 10.7. The molecule has 1 unspecified atom stereocenters. The highest BCUT2D eigenvalue weighted by atomic mass is 35.5. The summed E-state index contributed by atoms with van der Waals surface area (Å²) in [6, 6.07) is 21.4. The summed E-state index contributed by atoms with van der Waals surface area (Å²) in [5.74, 6) is -3.04. The molecule has 0 aromatic heterocycles. The Labute approximate surface area is 329 Å². The molecule has 0 bridgehead atoms. The van der Waals surface area contributed by atoms with Crippen LogP contribution in [0.4, 0.5) is 15.8 Å². The average molecular weight is 831 g/mol. The molecule has 0 amide bonds. The number of hydrogen-bond acceptors (Lipinski definition) is 9. The lowest BCUT2D eigenvalue weighted by molar-refractivity contribution is -0.00238. The standard InChI is InChI=1S/C38H40ClFN4O10S2/c39-28-9-4-25(5-10-28)3-1-2-18-55(49,50)41-34-14-6-26(19-32(34)37(45)46)21-43-22-31(23-43)54-30-13-15-35(33(20-30)38(47)48)42-56(51,52)44-16-17-53-36(24-44)27-7-11-29(40)12-8-27/h4-15,19-20,31,36,41-42H,1-3,16-18,21-24H2,(H,45,46)(H,47,48). The van der Waals surface area contributed by atoms with E-state index in [1.807, 2.05) is 17.0 Å². The molecule has 0 radical (unpaired) electrons. The fraction of sp³-hybridized carbons (Fsp3) is 0.316. The number of nitrogens with zero attached hydrogens (tertiary/aromatic N) is 2. The summed E-state index contributed by atoms with van der Waals surface area (Å²) in [4.78, 5) is 26.2. The molecule has 14 nitrogen and oxygen atoms in total. The number of halogens is 2. The van der Waals surface area contributed by atoms with E-state index in [1.165, 1.54) is 54.6 Å². The minimum Gasteiger partial charge on any atom is -0.488 e. The maximum absolute atomic E-state index is 13.4. The summed E-state index contributed by atoms with van der Waals surface area (Å²) in [7, 11) is -8.00. The number of aryl methyl sites for hydroxylation is 1. The highest BCUT2D eigenvalue weighted by molar-refractivity contribution is 7.92. The molecule has 0 aliphatic carbocycles. The monoisotopic (exact) mass is 830 g/mol. The van der Waals surface area contributed by atoms with Crippen molar-refractivity contribution in [3.63, 3.8) is 0 Å². The molecule has 2 heterocycles. The van der Waals surface area contributed by atoms with Crippen LogP contribution >= 0.6 is 11.6 Å². The molecule has 6 rings (SSSR count). The second kappa shape index (κ2) is 17.6. The predicted molar refractivity (Wildman–Crippen MR) is 208 cm³/mol. The highest BCUT2D eigenvalue weighted by Gasteiger charge is 2.32. The van der Waals surface area contributed by atoms with E-state index in [1.54, 1.807) is 18.2 Å². The van der Waals surface area contributed by atoms with Crippen LogP contribution in [0.25, 0.3) is 0 Å². The van der Waals surface area contributed by atoms with Gasteiger partial charge in [0, 0.05) is 37.7 Å². The average Bonchev–Trinajstić information content (AvgIpc) is 3.14. The number of hydrogen-bond donors (Lipinski definition) is 4. The second-order valence-electron chi connectivity index (χ2n) is 13.5. The fourth-order valence-corrected chi connectivity index (χ4v) is 8.97. The van der Waals surface area contributed by atoms with Crippen LogP contribution in [-0.4, -0.2) is 92.8 Å². The Morgan fingerprint density at radius 1 is 0.821 bits per heavy atom. The Morgan fingerprint density at radius 2 is 1.46 bits per heavy atom. The lowest BCUT2D eigenvalue weighted by atomic mass is 10.1. The van der Waals surface area contributed by atoms with Crippen LogP contribution in [0.3, 0.4) is 0 Å². The van der Waals surface area contributed by atoms with Crippen LogP contribution in [0.15, 0.2) is 84.9 Å². The number of carbonyl (C=O) groups is 2. The Morgan fingerprint density at radius 3 is 2.16 bits per heavy atom. The number of anilines is 2. The number of carboxylic acid groups (broad SMARTS) is 2. The Kier molecular flexibility index (Phi) is 12.8. The first kappa shape index (κ1) is 40.9. The minimum absolute atomic E-state index is 0.0251. The number of aromatic carboxylic acids is 2. The fourth-order valence-electron chi connectivity index (χ4n) is 6.41. The molecule has 56 heavy (non-hydrogen) atoms. The van der Waals surface area contributed by atoms with Gasteiger partial charge < -0.3 is 19.7 Å². The van der Waals surface area contributed by atoms with Crippen molar-refractivity contribution in [1.82, 2.24) is 9.21 Å². The van der Waals surface area contributed by atoms with Gasteiger partial charge in [0.25, 0.3) is 0 Å². The quantitative estimate of drug-likeness (QED) is 0.0965. The van der Waals surface area contributed by atoms with Crippen LogP contribution in [0, 0.1) is 5.82 Å². The van der Waals surface area contributed by atoms with E-state index < -0.39 is 44.1 Å². The Balaban J connectivity index is 1.00. The van der Waals surface area contributed by atoms with Crippen LogP contribution in [0.2, 0.25) is 5.02 Å². The van der Waals surface area contributed by atoms with E-state index in [0.29, 0.717) is 55.0 Å². The van der Waals surface area contributed by atoms with Crippen LogP contribution in [0.1, 0.15) is 56.4 Å². The number of carboxylic acids is 2. The molecule has 4 aromatic rings. The normalized spacial score (nSPS) is 16.9. The van der Waals surface area contributed by atoms with Gasteiger partial charge in [0.1, 0.15) is 17.7 Å². The van der Waals surface area contributed by atoms with Crippen LogP contribution in [0.5, 0.6) is 5.75 Å². The van der Waals surface area contributed by atoms with E-state index in [0.717, 1.165) is 9.87 Å². The highest BCUT2D eigenvalue weighted by Crippen LogP contribution is 2.29. The summed E-state index contributed by atoms with van der Waals surface area (Å²) < 4.78 is 83.1. The third-order valence-corrected chi connectivity index (χ3v) is 12.4. The first-order valence-corrected chi connectivity index (χ1v) is 21.1. The van der Waals surface area contributed by atoms with E-state index in [-0.39, 0.29) is 59.8 Å². The van der Waals surface area contributed by atoms with E-state index in [4.69, 9.17) is 21.1 Å². The molecule has 2 fully saturated rings. The molecule has 4 aromatic carbocycles. The molecular weight excluding hydrogens is 791 g/mol.